The summed E-state index contributed by atoms with van der Waals surface area (Å²) in [5.74, 6) is -0.738. The Bertz CT molecular complexity index is 856. The van der Waals surface area contributed by atoms with E-state index >= 15 is 0 Å². The first-order valence-corrected chi connectivity index (χ1v) is 11.0. The maximum atomic E-state index is 13.4. The van der Waals surface area contributed by atoms with Crippen molar-refractivity contribution in [3.63, 3.8) is 0 Å². The number of anilines is 1. The van der Waals surface area contributed by atoms with E-state index in [2.05, 4.69) is 31.1 Å². The van der Waals surface area contributed by atoms with E-state index in [0.717, 1.165) is 31.2 Å². The zero-order valence-electron chi connectivity index (χ0n) is 17.9. The highest BCUT2D eigenvalue weighted by atomic mass is 35.5. The van der Waals surface area contributed by atoms with Crippen molar-refractivity contribution in [1.82, 2.24) is 10.3 Å². The lowest BCUT2D eigenvalue weighted by Gasteiger charge is -2.32. The van der Waals surface area contributed by atoms with Crippen LogP contribution in [0.25, 0.3) is 0 Å². The van der Waals surface area contributed by atoms with Gasteiger partial charge in [0, 0.05) is 29.7 Å². The number of rotatable bonds is 6. The fourth-order valence-electron chi connectivity index (χ4n) is 3.93. The summed E-state index contributed by atoms with van der Waals surface area (Å²) in [6.45, 7) is 6.41. The summed E-state index contributed by atoms with van der Waals surface area (Å²) >= 11 is 5.97. The number of halogens is 1. The van der Waals surface area contributed by atoms with Crippen molar-refractivity contribution in [3.05, 3.63) is 59.9 Å². The van der Waals surface area contributed by atoms with Crippen LogP contribution < -0.4 is 10.2 Å². The minimum atomic E-state index is -0.828. The molecule has 0 saturated heterocycles. The van der Waals surface area contributed by atoms with Gasteiger partial charge < -0.3 is 5.32 Å². The molecule has 0 aliphatic heterocycles. The first-order valence-electron chi connectivity index (χ1n) is 10.5. The molecule has 0 bridgehead atoms. The van der Waals surface area contributed by atoms with Gasteiger partial charge in [-0.25, -0.2) is 0 Å². The van der Waals surface area contributed by atoms with E-state index in [9.17, 15) is 9.59 Å². The average molecular weight is 428 g/mol. The third kappa shape index (κ3) is 5.20. The monoisotopic (exact) mass is 427 g/mol. The van der Waals surface area contributed by atoms with Crippen LogP contribution in [-0.4, -0.2) is 28.7 Å². The normalized spacial score (nSPS) is 15.6. The SMILES string of the molecule is CC(C)(C)c1ccc(N(C(=O)CCl)C(C(=O)NC2CCCC2)c2cccnc2)cc1. The van der Waals surface area contributed by atoms with Crippen LogP contribution >= 0.6 is 11.6 Å². The molecule has 2 amide bonds. The summed E-state index contributed by atoms with van der Waals surface area (Å²) in [5, 5.41) is 3.14. The number of aromatic nitrogens is 1. The average Bonchev–Trinajstić information content (AvgIpc) is 3.24. The van der Waals surface area contributed by atoms with Crippen molar-refractivity contribution < 1.29 is 9.59 Å². The van der Waals surface area contributed by atoms with Crippen LogP contribution in [0.2, 0.25) is 0 Å². The third-order valence-electron chi connectivity index (χ3n) is 5.60. The molecule has 2 aromatic rings. The molecule has 1 unspecified atom stereocenters. The van der Waals surface area contributed by atoms with Gasteiger partial charge in [-0.1, -0.05) is 51.8 Å². The summed E-state index contributed by atoms with van der Waals surface area (Å²) in [7, 11) is 0. The number of amides is 2. The Balaban J connectivity index is 2.01. The van der Waals surface area contributed by atoms with Crippen molar-refractivity contribution in [3.8, 4) is 0 Å². The fourth-order valence-corrected chi connectivity index (χ4v) is 4.06. The molecule has 0 spiro atoms. The predicted octanol–water partition coefficient (Wildman–Crippen LogP) is 4.75. The molecule has 1 N–H and O–H groups in total. The van der Waals surface area contributed by atoms with Gasteiger partial charge in [0.25, 0.3) is 0 Å². The number of nitrogens with one attached hydrogen (secondary N) is 1. The summed E-state index contributed by atoms with van der Waals surface area (Å²) in [5.41, 5.74) is 2.44. The molecule has 3 rings (SSSR count). The molecule has 1 aliphatic rings. The number of carbonyl (C=O) groups is 2. The summed E-state index contributed by atoms with van der Waals surface area (Å²) in [6.07, 6.45) is 7.45. The number of hydrogen-bond donors (Lipinski definition) is 1. The molecule has 1 aromatic heterocycles. The van der Waals surface area contributed by atoms with Crippen LogP contribution in [0.3, 0.4) is 0 Å². The second-order valence-electron chi connectivity index (χ2n) is 8.87. The molecule has 1 saturated carbocycles. The first-order chi connectivity index (χ1) is 14.3. The number of pyridine rings is 1. The zero-order chi connectivity index (χ0) is 21.7. The van der Waals surface area contributed by atoms with Gasteiger partial charge in [-0.2, -0.15) is 0 Å². The fraction of sp³-hybridized carbons (Fsp3) is 0.458. The minimum absolute atomic E-state index is 0.0115. The van der Waals surface area contributed by atoms with Gasteiger partial charge in [0.15, 0.2) is 0 Å². The number of alkyl halides is 1. The molecule has 6 heteroatoms. The summed E-state index contributed by atoms with van der Waals surface area (Å²) < 4.78 is 0. The second kappa shape index (κ2) is 9.61. The van der Waals surface area contributed by atoms with Crippen LogP contribution in [0.5, 0.6) is 0 Å². The molecular weight excluding hydrogens is 398 g/mol. The van der Waals surface area contributed by atoms with Crippen molar-refractivity contribution in [2.75, 3.05) is 10.8 Å². The molecular formula is C24H30ClN3O2. The molecule has 1 heterocycles. The van der Waals surface area contributed by atoms with Gasteiger partial charge >= 0.3 is 0 Å². The van der Waals surface area contributed by atoms with E-state index in [4.69, 9.17) is 11.6 Å². The Hall–Kier alpha value is -2.40. The highest BCUT2D eigenvalue weighted by molar-refractivity contribution is 6.29. The number of carbonyl (C=O) groups excluding carboxylic acids is 2. The molecule has 1 atom stereocenters. The Morgan fingerprint density at radius 3 is 2.37 bits per heavy atom. The lowest BCUT2D eigenvalue weighted by molar-refractivity contribution is -0.126. The van der Waals surface area contributed by atoms with Crippen LogP contribution in [0, 0.1) is 0 Å². The molecule has 0 radical (unpaired) electrons. The van der Waals surface area contributed by atoms with Crippen molar-refractivity contribution in [2.45, 2.75) is 64.0 Å². The lowest BCUT2D eigenvalue weighted by atomic mass is 9.87. The Kier molecular flexibility index (Phi) is 7.14. The number of hydrogen-bond acceptors (Lipinski definition) is 3. The first kappa shape index (κ1) is 22.3. The highest BCUT2D eigenvalue weighted by Gasteiger charge is 2.34. The van der Waals surface area contributed by atoms with Gasteiger partial charge in [-0.3, -0.25) is 19.5 Å². The largest absolute Gasteiger partial charge is 0.351 e. The van der Waals surface area contributed by atoms with Crippen LogP contribution in [0.4, 0.5) is 5.69 Å². The zero-order valence-corrected chi connectivity index (χ0v) is 18.7. The van der Waals surface area contributed by atoms with Gasteiger partial charge in [-0.05, 0) is 42.0 Å². The molecule has 1 aliphatic carbocycles. The van der Waals surface area contributed by atoms with E-state index in [1.165, 1.54) is 4.90 Å². The smallest absolute Gasteiger partial charge is 0.248 e. The Labute approximate surface area is 183 Å². The number of nitrogens with zero attached hydrogens (tertiary/aromatic N) is 2. The maximum Gasteiger partial charge on any atom is 0.248 e. The van der Waals surface area contributed by atoms with E-state index in [1.54, 1.807) is 18.5 Å². The Morgan fingerprint density at radius 2 is 1.83 bits per heavy atom. The van der Waals surface area contributed by atoms with E-state index < -0.39 is 6.04 Å². The summed E-state index contributed by atoms with van der Waals surface area (Å²) in [6, 6.07) is 10.7. The summed E-state index contributed by atoms with van der Waals surface area (Å²) in [4.78, 5) is 32.0. The minimum Gasteiger partial charge on any atom is -0.351 e. The number of benzene rings is 1. The molecule has 30 heavy (non-hydrogen) atoms. The quantitative estimate of drug-likeness (QED) is 0.676. The Morgan fingerprint density at radius 1 is 1.17 bits per heavy atom. The van der Waals surface area contributed by atoms with Crippen LogP contribution in [0.1, 0.15) is 63.6 Å². The van der Waals surface area contributed by atoms with Gasteiger partial charge in [0.2, 0.25) is 11.8 Å². The van der Waals surface area contributed by atoms with Gasteiger partial charge in [0.1, 0.15) is 11.9 Å². The van der Waals surface area contributed by atoms with Gasteiger partial charge in [-0.15, -0.1) is 11.6 Å². The topological polar surface area (TPSA) is 62.3 Å². The van der Waals surface area contributed by atoms with Crippen molar-refractivity contribution in [1.29, 1.82) is 0 Å². The standard InChI is InChI=1S/C24H30ClN3O2/c1-24(2,3)18-10-12-20(13-11-18)28(21(29)15-25)22(17-7-6-14-26-16-17)23(30)27-19-8-4-5-9-19/h6-7,10-14,16,19,22H,4-5,8-9,15H2,1-3H3,(H,27,30). The third-order valence-corrected chi connectivity index (χ3v) is 5.83. The lowest BCUT2D eigenvalue weighted by Crippen LogP contribution is -2.46. The highest BCUT2D eigenvalue weighted by Crippen LogP contribution is 2.31. The van der Waals surface area contributed by atoms with Crippen LogP contribution in [-0.2, 0) is 15.0 Å². The molecule has 1 aromatic carbocycles. The van der Waals surface area contributed by atoms with E-state index in [1.807, 2.05) is 30.3 Å². The van der Waals surface area contributed by atoms with Gasteiger partial charge in [0.05, 0.1) is 0 Å². The van der Waals surface area contributed by atoms with E-state index in [0.29, 0.717) is 11.3 Å². The molecule has 1 fully saturated rings. The van der Waals surface area contributed by atoms with Crippen molar-refractivity contribution >= 4 is 29.1 Å². The van der Waals surface area contributed by atoms with E-state index in [-0.39, 0.29) is 29.2 Å². The molecule has 5 nitrogen and oxygen atoms in total. The second-order valence-corrected chi connectivity index (χ2v) is 9.14. The van der Waals surface area contributed by atoms with Crippen LogP contribution in [0.15, 0.2) is 48.8 Å². The molecule has 160 valence electrons. The predicted molar refractivity (Wildman–Crippen MR) is 121 cm³/mol. The maximum absolute atomic E-state index is 13.4. The van der Waals surface area contributed by atoms with Crippen molar-refractivity contribution in [2.24, 2.45) is 0 Å².